The van der Waals surface area contributed by atoms with E-state index >= 15 is 0 Å². The van der Waals surface area contributed by atoms with Crippen molar-refractivity contribution in [3.63, 3.8) is 0 Å². The summed E-state index contributed by atoms with van der Waals surface area (Å²) in [5, 5.41) is 6.11. The van der Waals surface area contributed by atoms with Gasteiger partial charge in [0.05, 0.1) is 5.25 Å². The molecular formula is C10H13FN2O2S. The minimum Gasteiger partial charge on any atom is -0.384 e. The fraction of sp³-hybridized carbons (Fsp3) is 0.300. The highest BCUT2D eigenvalue weighted by Crippen LogP contribution is 2.12. The minimum absolute atomic E-state index is 0.0577. The molecule has 0 aromatic heterocycles. The standard InChI is InChI=1S/C10H13FN2O2S/c1-7(16(11,14)15)6-8-2-4-9(5-3-8)10(12)13/h2-5,7H,6H2,1H3,(H3,12,13). The van der Waals surface area contributed by atoms with Crippen LogP contribution in [-0.4, -0.2) is 19.5 Å². The largest absolute Gasteiger partial charge is 0.384 e. The molecule has 1 aromatic rings. The van der Waals surface area contributed by atoms with Crippen LogP contribution in [-0.2, 0) is 16.6 Å². The van der Waals surface area contributed by atoms with Crippen LogP contribution in [0.5, 0.6) is 0 Å². The predicted octanol–water partition coefficient (Wildman–Crippen LogP) is 1.20. The number of hydrogen-bond acceptors (Lipinski definition) is 3. The van der Waals surface area contributed by atoms with Gasteiger partial charge in [-0.05, 0) is 18.9 Å². The highest BCUT2D eigenvalue weighted by molar-refractivity contribution is 7.87. The molecule has 1 rings (SSSR count). The third-order valence-electron chi connectivity index (χ3n) is 2.27. The van der Waals surface area contributed by atoms with Gasteiger partial charge in [-0.1, -0.05) is 24.3 Å². The second-order valence-electron chi connectivity index (χ2n) is 3.60. The van der Waals surface area contributed by atoms with Crippen LogP contribution in [0.25, 0.3) is 0 Å². The Balaban J connectivity index is 2.81. The van der Waals surface area contributed by atoms with Gasteiger partial charge in [0.2, 0.25) is 0 Å². The zero-order chi connectivity index (χ0) is 12.3. The molecule has 0 saturated heterocycles. The van der Waals surface area contributed by atoms with Crippen molar-refractivity contribution in [3.05, 3.63) is 35.4 Å². The van der Waals surface area contributed by atoms with Gasteiger partial charge in [-0.3, -0.25) is 5.41 Å². The van der Waals surface area contributed by atoms with Gasteiger partial charge in [-0.25, -0.2) is 0 Å². The van der Waals surface area contributed by atoms with Gasteiger partial charge in [0.25, 0.3) is 0 Å². The molecule has 1 aromatic carbocycles. The average molecular weight is 244 g/mol. The Hall–Kier alpha value is -1.43. The molecule has 0 saturated carbocycles. The topological polar surface area (TPSA) is 84.0 Å². The summed E-state index contributed by atoms with van der Waals surface area (Å²) in [6.45, 7) is 1.31. The molecular weight excluding hydrogens is 231 g/mol. The van der Waals surface area contributed by atoms with Gasteiger partial charge < -0.3 is 5.73 Å². The van der Waals surface area contributed by atoms with Crippen LogP contribution in [0.2, 0.25) is 0 Å². The van der Waals surface area contributed by atoms with Gasteiger partial charge in [-0.2, -0.15) is 8.42 Å². The maximum atomic E-state index is 12.6. The van der Waals surface area contributed by atoms with Crippen LogP contribution in [0, 0.1) is 5.41 Å². The monoisotopic (exact) mass is 244 g/mol. The number of nitrogens with two attached hydrogens (primary N) is 1. The van der Waals surface area contributed by atoms with E-state index in [1.807, 2.05) is 0 Å². The van der Waals surface area contributed by atoms with Crippen LogP contribution in [0.4, 0.5) is 3.89 Å². The van der Waals surface area contributed by atoms with Crippen LogP contribution in [0.1, 0.15) is 18.1 Å². The fourth-order valence-corrected chi connectivity index (χ4v) is 1.64. The average Bonchev–Trinajstić information content (AvgIpc) is 2.17. The van der Waals surface area contributed by atoms with Crippen molar-refractivity contribution < 1.29 is 12.3 Å². The van der Waals surface area contributed by atoms with Crippen molar-refractivity contribution in [2.45, 2.75) is 18.6 Å². The maximum Gasteiger partial charge on any atom is 0.305 e. The van der Waals surface area contributed by atoms with Crippen LogP contribution < -0.4 is 5.73 Å². The number of halogens is 1. The van der Waals surface area contributed by atoms with E-state index in [0.29, 0.717) is 11.1 Å². The smallest absolute Gasteiger partial charge is 0.305 e. The highest BCUT2D eigenvalue weighted by Gasteiger charge is 2.19. The summed E-state index contributed by atoms with van der Waals surface area (Å²) < 4.78 is 33.8. The molecule has 1 unspecified atom stereocenters. The molecule has 0 aliphatic carbocycles. The molecule has 0 bridgehead atoms. The first-order valence-corrected chi connectivity index (χ1v) is 6.12. The number of nitrogens with one attached hydrogen (secondary N) is 1. The number of amidine groups is 1. The van der Waals surface area contributed by atoms with E-state index in [1.54, 1.807) is 24.3 Å². The number of benzene rings is 1. The quantitative estimate of drug-likeness (QED) is 0.474. The Kier molecular flexibility index (Phi) is 3.64. The Bertz CT molecular complexity index is 482. The normalized spacial score (nSPS) is 13.4. The van der Waals surface area contributed by atoms with Gasteiger partial charge in [-0.15, -0.1) is 3.89 Å². The number of nitrogen functional groups attached to an aromatic ring is 1. The maximum absolute atomic E-state index is 12.6. The first-order valence-electron chi connectivity index (χ1n) is 4.67. The van der Waals surface area contributed by atoms with E-state index in [9.17, 15) is 12.3 Å². The molecule has 0 fully saturated rings. The summed E-state index contributed by atoms with van der Waals surface area (Å²) in [4.78, 5) is 0. The zero-order valence-electron chi connectivity index (χ0n) is 8.77. The lowest BCUT2D eigenvalue weighted by Crippen LogP contribution is -2.16. The Morgan fingerprint density at radius 1 is 1.44 bits per heavy atom. The molecule has 4 nitrogen and oxygen atoms in total. The molecule has 0 aliphatic rings. The molecule has 6 heteroatoms. The van der Waals surface area contributed by atoms with Crippen molar-refractivity contribution in [3.8, 4) is 0 Å². The Labute approximate surface area is 94.0 Å². The Morgan fingerprint density at radius 2 is 1.94 bits per heavy atom. The van der Waals surface area contributed by atoms with E-state index in [0.717, 1.165) is 0 Å². The van der Waals surface area contributed by atoms with Crippen molar-refractivity contribution >= 4 is 16.1 Å². The lowest BCUT2D eigenvalue weighted by molar-refractivity contribution is 0.537. The third kappa shape index (κ3) is 3.30. The van der Waals surface area contributed by atoms with Gasteiger partial charge in [0.15, 0.2) is 0 Å². The summed E-state index contributed by atoms with van der Waals surface area (Å²) in [5.41, 5.74) is 6.51. The molecule has 88 valence electrons. The molecule has 0 amide bonds. The number of rotatable bonds is 4. The predicted molar refractivity (Wildman–Crippen MR) is 60.7 cm³/mol. The summed E-state index contributed by atoms with van der Waals surface area (Å²) >= 11 is 0. The molecule has 0 radical (unpaired) electrons. The van der Waals surface area contributed by atoms with Gasteiger partial charge in [0, 0.05) is 5.56 Å². The van der Waals surface area contributed by atoms with E-state index in [-0.39, 0.29) is 12.3 Å². The van der Waals surface area contributed by atoms with Crippen LogP contribution in [0.15, 0.2) is 24.3 Å². The molecule has 0 aliphatic heterocycles. The second-order valence-corrected chi connectivity index (χ2v) is 5.36. The summed E-state index contributed by atoms with van der Waals surface area (Å²) in [6.07, 6.45) is 0.108. The van der Waals surface area contributed by atoms with Crippen molar-refractivity contribution in [1.82, 2.24) is 0 Å². The van der Waals surface area contributed by atoms with Crippen LogP contribution >= 0.6 is 0 Å². The summed E-state index contributed by atoms with van der Waals surface area (Å²) in [7, 11) is -4.49. The lowest BCUT2D eigenvalue weighted by atomic mass is 10.1. The molecule has 1 atom stereocenters. The first-order chi connectivity index (χ1) is 7.30. The zero-order valence-corrected chi connectivity index (χ0v) is 9.59. The van der Waals surface area contributed by atoms with Gasteiger partial charge >= 0.3 is 10.2 Å². The summed E-state index contributed by atoms with van der Waals surface area (Å²) in [6, 6.07) is 6.49. The SMILES string of the molecule is CC(Cc1ccc(C(=N)N)cc1)S(=O)(=O)F. The Morgan fingerprint density at radius 3 is 2.31 bits per heavy atom. The molecule has 3 N–H and O–H groups in total. The van der Waals surface area contributed by atoms with E-state index in [4.69, 9.17) is 11.1 Å². The molecule has 0 spiro atoms. The van der Waals surface area contributed by atoms with E-state index in [1.165, 1.54) is 6.92 Å². The van der Waals surface area contributed by atoms with Crippen LogP contribution in [0.3, 0.4) is 0 Å². The number of hydrogen-bond donors (Lipinski definition) is 2. The fourth-order valence-electron chi connectivity index (χ4n) is 1.25. The lowest BCUT2D eigenvalue weighted by Gasteiger charge is -2.07. The molecule has 0 heterocycles. The van der Waals surface area contributed by atoms with E-state index in [2.05, 4.69) is 0 Å². The third-order valence-corrected chi connectivity index (χ3v) is 3.40. The summed E-state index contributed by atoms with van der Waals surface area (Å²) in [5.74, 6) is -0.0577. The second kappa shape index (κ2) is 4.61. The first kappa shape index (κ1) is 12.6. The van der Waals surface area contributed by atoms with Crippen molar-refractivity contribution in [1.29, 1.82) is 5.41 Å². The molecule has 16 heavy (non-hydrogen) atoms. The minimum atomic E-state index is -4.49. The van der Waals surface area contributed by atoms with E-state index < -0.39 is 15.5 Å². The van der Waals surface area contributed by atoms with Crippen molar-refractivity contribution in [2.75, 3.05) is 0 Å². The van der Waals surface area contributed by atoms with Gasteiger partial charge in [0.1, 0.15) is 5.84 Å². The highest BCUT2D eigenvalue weighted by atomic mass is 32.3. The van der Waals surface area contributed by atoms with Crippen molar-refractivity contribution in [2.24, 2.45) is 5.73 Å².